The van der Waals surface area contributed by atoms with Crippen LogP contribution < -0.4 is 4.74 Å². The number of benzene rings is 1. The summed E-state index contributed by atoms with van der Waals surface area (Å²) in [5.41, 5.74) is -0.0933. The molecule has 1 heterocycles. The molecule has 0 N–H and O–H groups in total. The molecule has 1 saturated carbocycles. The summed E-state index contributed by atoms with van der Waals surface area (Å²) in [4.78, 5) is 0. The summed E-state index contributed by atoms with van der Waals surface area (Å²) in [6.07, 6.45) is 5.81. The summed E-state index contributed by atoms with van der Waals surface area (Å²) in [6, 6.07) is 2.58. The second-order valence-corrected chi connectivity index (χ2v) is 6.59. The number of hydrogen-bond acceptors (Lipinski definition) is 2. The predicted octanol–water partition coefficient (Wildman–Crippen LogP) is 4.60. The van der Waals surface area contributed by atoms with Crippen molar-refractivity contribution in [1.29, 1.82) is 0 Å². The van der Waals surface area contributed by atoms with E-state index in [0.29, 0.717) is 11.1 Å². The van der Waals surface area contributed by atoms with Crippen molar-refractivity contribution < 1.29 is 18.3 Å². The average molecular weight is 347 g/mol. The molecule has 0 aromatic heterocycles. The zero-order chi connectivity index (χ0) is 14.2. The van der Waals surface area contributed by atoms with Gasteiger partial charge in [0, 0.05) is 17.3 Å². The Hall–Kier alpha value is -0.680. The Bertz CT molecular complexity index is 501. The van der Waals surface area contributed by atoms with E-state index >= 15 is 0 Å². The third-order valence-corrected chi connectivity index (χ3v) is 4.67. The van der Waals surface area contributed by atoms with Crippen LogP contribution in [0.15, 0.2) is 16.6 Å². The minimum Gasteiger partial charge on any atom is -0.487 e. The van der Waals surface area contributed by atoms with E-state index in [-0.39, 0.29) is 17.5 Å². The highest BCUT2D eigenvalue weighted by atomic mass is 79.9. The van der Waals surface area contributed by atoms with E-state index in [4.69, 9.17) is 9.47 Å². The molecule has 1 aliphatic carbocycles. The second kappa shape index (κ2) is 5.60. The maximum atomic E-state index is 13.8. The third-order valence-electron chi connectivity index (χ3n) is 4.22. The molecule has 20 heavy (non-hydrogen) atoms. The standard InChI is InChI=1S/C15H17BrF2O2/c16-10-7-12(17)14(18)13(8-10)20-11-3-6-19-15(9-11)4-1-2-5-15/h7-8,11H,1-6,9H2. The van der Waals surface area contributed by atoms with Crippen LogP contribution in [0, 0.1) is 11.6 Å². The van der Waals surface area contributed by atoms with Crippen LogP contribution in [-0.4, -0.2) is 18.3 Å². The maximum absolute atomic E-state index is 13.8. The van der Waals surface area contributed by atoms with Crippen LogP contribution in [-0.2, 0) is 4.74 Å². The minimum atomic E-state index is -0.917. The lowest BCUT2D eigenvalue weighted by molar-refractivity contribution is -0.108. The molecule has 1 aliphatic heterocycles. The van der Waals surface area contributed by atoms with Gasteiger partial charge in [-0.3, -0.25) is 0 Å². The molecule has 3 rings (SSSR count). The molecule has 1 unspecified atom stereocenters. The Morgan fingerprint density at radius 2 is 2.00 bits per heavy atom. The zero-order valence-corrected chi connectivity index (χ0v) is 12.7. The van der Waals surface area contributed by atoms with Crippen molar-refractivity contribution in [2.75, 3.05) is 6.61 Å². The van der Waals surface area contributed by atoms with E-state index in [0.717, 1.165) is 31.7 Å². The van der Waals surface area contributed by atoms with E-state index in [1.807, 2.05) is 0 Å². The van der Waals surface area contributed by atoms with Crippen molar-refractivity contribution in [2.24, 2.45) is 0 Å². The topological polar surface area (TPSA) is 18.5 Å². The molecule has 1 spiro atoms. The van der Waals surface area contributed by atoms with E-state index in [1.54, 1.807) is 0 Å². The van der Waals surface area contributed by atoms with Gasteiger partial charge in [-0.2, -0.15) is 4.39 Å². The Kier molecular flexibility index (Phi) is 4.00. The number of halogens is 3. The summed E-state index contributed by atoms with van der Waals surface area (Å²) in [5, 5.41) is 0. The lowest BCUT2D eigenvalue weighted by Gasteiger charge is -2.38. The van der Waals surface area contributed by atoms with Gasteiger partial charge in [-0.1, -0.05) is 28.8 Å². The molecular weight excluding hydrogens is 330 g/mol. The first-order chi connectivity index (χ1) is 9.58. The Labute approximate surface area is 125 Å². The molecule has 0 radical (unpaired) electrons. The first kappa shape index (κ1) is 14.3. The van der Waals surface area contributed by atoms with Gasteiger partial charge in [-0.25, -0.2) is 4.39 Å². The maximum Gasteiger partial charge on any atom is 0.200 e. The number of ether oxygens (including phenoxy) is 2. The van der Waals surface area contributed by atoms with Gasteiger partial charge in [-0.15, -0.1) is 0 Å². The molecule has 2 fully saturated rings. The van der Waals surface area contributed by atoms with Crippen molar-refractivity contribution in [3.8, 4) is 5.75 Å². The SMILES string of the molecule is Fc1cc(Br)cc(OC2CCOC3(CCCC3)C2)c1F. The van der Waals surface area contributed by atoms with Crippen LogP contribution in [0.25, 0.3) is 0 Å². The monoisotopic (exact) mass is 346 g/mol. The summed E-state index contributed by atoms with van der Waals surface area (Å²) >= 11 is 3.16. The molecule has 1 atom stereocenters. The molecular formula is C15H17BrF2O2. The van der Waals surface area contributed by atoms with E-state index in [1.165, 1.54) is 18.9 Å². The van der Waals surface area contributed by atoms with Gasteiger partial charge >= 0.3 is 0 Å². The molecule has 110 valence electrons. The summed E-state index contributed by atoms with van der Waals surface area (Å²) < 4.78 is 39.2. The van der Waals surface area contributed by atoms with Gasteiger partial charge in [0.25, 0.3) is 0 Å². The van der Waals surface area contributed by atoms with Gasteiger partial charge in [0.2, 0.25) is 5.82 Å². The lowest BCUT2D eigenvalue weighted by Crippen LogP contribution is -2.41. The van der Waals surface area contributed by atoms with E-state index in [9.17, 15) is 8.78 Å². The quantitative estimate of drug-likeness (QED) is 0.728. The van der Waals surface area contributed by atoms with Gasteiger partial charge in [0.15, 0.2) is 11.6 Å². The van der Waals surface area contributed by atoms with E-state index < -0.39 is 11.6 Å². The highest BCUT2D eigenvalue weighted by Gasteiger charge is 2.40. The molecule has 5 heteroatoms. The van der Waals surface area contributed by atoms with Crippen LogP contribution in [0.1, 0.15) is 38.5 Å². The normalized spacial score (nSPS) is 25.1. The number of rotatable bonds is 2. The van der Waals surface area contributed by atoms with Gasteiger partial charge in [0.1, 0.15) is 6.10 Å². The first-order valence-corrected chi connectivity index (χ1v) is 7.82. The zero-order valence-electron chi connectivity index (χ0n) is 11.1. The largest absolute Gasteiger partial charge is 0.487 e. The Morgan fingerprint density at radius 3 is 2.75 bits per heavy atom. The molecule has 1 saturated heterocycles. The molecule has 1 aromatic rings. The average Bonchev–Trinajstić information content (AvgIpc) is 2.83. The number of hydrogen-bond donors (Lipinski definition) is 0. The smallest absolute Gasteiger partial charge is 0.200 e. The highest BCUT2D eigenvalue weighted by Crippen LogP contribution is 2.41. The van der Waals surface area contributed by atoms with Crippen LogP contribution in [0.4, 0.5) is 8.78 Å². The molecule has 1 aromatic carbocycles. The fraction of sp³-hybridized carbons (Fsp3) is 0.600. The van der Waals surface area contributed by atoms with Gasteiger partial charge in [-0.05, 0) is 25.0 Å². The summed E-state index contributed by atoms with van der Waals surface area (Å²) in [7, 11) is 0. The van der Waals surface area contributed by atoms with Crippen molar-refractivity contribution in [1.82, 2.24) is 0 Å². The minimum absolute atomic E-state index is 0.0167. The van der Waals surface area contributed by atoms with Crippen LogP contribution >= 0.6 is 15.9 Å². The van der Waals surface area contributed by atoms with Crippen molar-refractivity contribution >= 4 is 15.9 Å². The lowest BCUT2D eigenvalue weighted by atomic mass is 9.90. The van der Waals surface area contributed by atoms with Crippen molar-refractivity contribution in [3.63, 3.8) is 0 Å². The first-order valence-electron chi connectivity index (χ1n) is 7.03. The fourth-order valence-electron chi connectivity index (χ4n) is 3.25. The summed E-state index contributed by atoms with van der Waals surface area (Å²) in [6.45, 7) is 0.628. The molecule has 2 aliphatic rings. The van der Waals surface area contributed by atoms with Gasteiger partial charge < -0.3 is 9.47 Å². The second-order valence-electron chi connectivity index (χ2n) is 5.67. The molecule has 2 nitrogen and oxygen atoms in total. The van der Waals surface area contributed by atoms with Crippen LogP contribution in [0.2, 0.25) is 0 Å². The van der Waals surface area contributed by atoms with Crippen LogP contribution in [0.3, 0.4) is 0 Å². The Morgan fingerprint density at radius 1 is 1.25 bits per heavy atom. The van der Waals surface area contributed by atoms with E-state index in [2.05, 4.69) is 15.9 Å². The van der Waals surface area contributed by atoms with Crippen molar-refractivity contribution in [2.45, 2.75) is 50.2 Å². The highest BCUT2D eigenvalue weighted by molar-refractivity contribution is 9.10. The Balaban J connectivity index is 1.74. The third kappa shape index (κ3) is 2.84. The van der Waals surface area contributed by atoms with Gasteiger partial charge in [0.05, 0.1) is 12.2 Å². The fourth-order valence-corrected chi connectivity index (χ4v) is 3.66. The van der Waals surface area contributed by atoms with Crippen molar-refractivity contribution in [3.05, 3.63) is 28.2 Å². The molecule has 0 amide bonds. The predicted molar refractivity (Wildman–Crippen MR) is 74.9 cm³/mol. The summed E-state index contributed by atoms with van der Waals surface area (Å²) in [5.74, 6) is -1.82. The molecule has 0 bridgehead atoms. The van der Waals surface area contributed by atoms with Crippen LogP contribution in [0.5, 0.6) is 5.75 Å².